The molecule has 18 heavy (non-hydrogen) atoms. The summed E-state index contributed by atoms with van der Waals surface area (Å²) < 4.78 is 0. The second kappa shape index (κ2) is 6.90. The molecular weight excluding hydrogens is 254 g/mol. The molecule has 0 bridgehead atoms. The molecule has 0 fully saturated rings. The summed E-state index contributed by atoms with van der Waals surface area (Å²) in [6.45, 7) is 2.29. The summed E-state index contributed by atoms with van der Waals surface area (Å²) in [5.41, 5.74) is 0.610. The van der Waals surface area contributed by atoms with Crippen LogP contribution in [0.2, 0.25) is 0 Å². The molecule has 2 N–H and O–H groups in total. The Morgan fingerprint density at radius 2 is 2.06 bits per heavy atom. The molecule has 6 heteroatoms. The van der Waals surface area contributed by atoms with Crippen LogP contribution in [0.5, 0.6) is 5.75 Å². The molecule has 0 atom stereocenters. The molecule has 0 radical (unpaired) electrons. The number of carbonyl (C=O) groups excluding carboxylic acids is 1. The fourth-order valence-corrected chi connectivity index (χ4v) is 2.07. The summed E-state index contributed by atoms with van der Waals surface area (Å²) in [4.78, 5) is 23.8. The third-order valence-electron chi connectivity index (χ3n) is 2.21. The second-order valence-electron chi connectivity index (χ2n) is 3.54. The Morgan fingerprint density at radius 1 is 1.33 bits per heavy atom. The van der Waals surface area contributed by atoms with E-state index in [1.54, 1.807) is 12.1 Å². The van der Waals surface area contributed by atoms with E-state index in [0.717, 1.165) is 11.8 Å². The molecule has 0 saturated carbocycles. The molecule has 0 heterocycles. The van der Waals surface area contributed by atoms with Crippen molar-refractivity contribution >= 4 is 29.3 Å². The number of carbonyl (C=O) groups is 2. The molecule has 0 saturated heterocycles. The molecule has 1 amide bonds. The number of benzene rings is 1. The van der Waals surface area contributed by atoms with Crippen LogP contribution in [0.3, 0.4) is 0 Å². The van der Waals surface area contributed by atoms with Gasteiger partial charge in [0.2, 0.25) is 5.91 Å². The summed E-state index contributed by atoms with van der Waals surface area (Å²) >= 11 is 1.06. The molecule has 0 unspecified atom stereocenters. The highest BCUT2D eigenvalue weighted by Gasteiger charge is 2.14. The van der Waals surface area contributed by atoms with Crippen molar-refractivity contribution in [3.05, 3.63) is 24.3 Å². The molecule has 0 spiro atoms. The Labute approximate surface area is 109 Å². The van der Waals surface area contributed by atoms with E-state index >= 15 is 0 Å². The van der Waals surface area contributed by atoms with E-state index in [2.05, 4.69) is 0 Å². The van der Waals surface area contributed by atoms with E-state index < -0.39 is 5.97 Å². The first-order valence-corrected chi connectivity index (χ1v) is 6.59. The van der Waals surface area contributed by atoms with Gasteiger partial charge in [0.25, 0.3) is 0 Å². The Balaban J connectivity index is 2.65. The van der Waals surface area contributed by atoms with Crippen molar-refractivity contribution < 1.29 is 19.8 Å². The van der Waals surface area contributed by atoms with Gasteiger partial charge in [-0.2, -0.15) is 0 Å². The lowest BCUT2D eigenvalue weighted by Crippen LogP contribution is -2.32. The highest BCUT2D eigenvalue weighted by Crippen LogP contribution is 2.20. The molecule has 1 aromatic carbocycles. The van der Waals surface area contributed by atoms with Crippen molar-refractivity contribution in [3.8, 4) is 5.75 Å². The van der Waals surface area contributed by atoms with Gasteiger partial charge >= 0.3 is 5.97 Å². The van der Waals surface area contributed by atoms with Crippen molar-refractivity contribution in [2.24, 2.45) is 0 Å². The molecular formula is C12H15NO4S. The maximum atomic E-state index is 11.9. The van der Waals surface area contributed by atoms with Crippen LogP contribution in [0.25, 0.3) is 0 Å². The van der Waals surface area contributed by atoms with Gasteiger partial charge in [0, 0.05) is 18.3 Å². The monoisotopic (exact) mass is 269 g/mol. The van der Waals surface area contributed by atoms with Crippen molar-refractivity contribution in [3.63, 3.8) is 0 Å². The Kier molecular flexibility index (Phi) is 5.51. The van der Waals surface area contributed by atoms with Crippen LogP contribution in [-0.4, -0.2) is 40.1 Å². The number of rotatable bonds is 6. The number of hydrogen-bond donors (Lipinski definition) is 2. The lowest BCUT2D eigenvalue weighted by atomic mass is 10.2. The average molecular weight is 269 g/mol. The van der Waals surface area contributed by atoms with E-state index in [9.17, 15) is 14.7 Å². The van der Waals surface area contributed by atoms with E-state index in [4.69, 9.17) is 5.11 Å². The summed E-state index contributed by atoms with van der Waals surface area (Å²) in [6, 6.07) is 6.41. The number of carboxylic acids is 1. The molecule has 5 nitrogen and oxygen atoms in total. The molecule has 0 aromatic heterocycles. The number of nitrogens with zero attached hydrogens (tertiary/aromatic N) is 1. The summed E-state index contributed by atoms with van der Waals surface area (Å²) in [6.07, 6.45) is 0. The molecule has 98 valence electrons. The minimum atomic E-state index is -0.937. The first kappa shape index (κ1) is 14.4. The number of phenols is 1. The summed E-state index contributed by atoms with van der Waals surface area (Å²) in [7, 11) is 0. The maximum Gasteiger partial charge on any atom is 0.313 e. The van der Waals surface area contributed by atoms with Gasteiger partial charge in [0.1, 0.15) is 5.75 Å². The molecule has 0 aliphatic heterocycles. The predicted molar refractivity (Wildman–Crippen MR) is 71.1 cm³/mol. The van der Waals surface area contributed by atoms with Gasteiger partial charge in [-0.15, -0.1) is 11.8 Å². The molecule has 1 rings (SSSR count). The van der Waals surface area contributed by atoms with Gasteiger partial charge in [0.15, 0.2) is 0 Å². The third-order valence-corrected chi connectivity index (χ3v) is 3.11. The number of anilines is 1. The fraction of sp³-hybridized carbons (Fsp3) is 0.333. The lowest BCUT2D eigenvalue weighted by Gasteiger charge is -2.20. The van der Waals surface area contributed by atoms with Crippen LogP contribution in [0.4, 0.5) is 5.69 Å². The van der Waals surface area contributed by atoms with Gasteiger partial charge in [-0.05, 0) is 19.1 Å². The van der Waals surface area contributed by atoms with Crippen LogP contribution in [0, 0.1) is 0 Å². The van der Waals surface area contributed by atoms with Gasteiger partial charge in [-0.3, -0.25) is 9.59 Å². The smallest absolute Gasteiger partial charge is 0.313 e. The number of amides is 1. The molecule has 0 aliphatic rings. The topological polar surface area (TPSA) is 77.8 Å². The van der Waals surface area contributed by atoms with Crippen molar-refractivity contribution in [1.29, 1.82) is 0 Å². The van der Waals surface area contributed by atoms with Crippen molar-refractivity contribution in [1.82, 2.24) is 0 Å². The van der Waals surface area contributed by atoms with Crippen LogP contribution in [-0.2, 0) is 9.59 Å². The van der Waals surface area contributed by atoms with E-state index in [-0.39, 0.29) is 23.2 Å². The first-order valence-electron chi connectivity index (χ1n) is 5.43. The second-order valence-corrected chi connectivity index (χ2v) is 4.53. The largest absolute Gasteiger partial charge is 0.508 e. The average Bonchev–Trinajstić information content (AvgIpc) is 2.29. The van der Waals surface area contributed by atoms with Crippen molar-refractivity contribution in [2.45, 2.75) is 6.92 Å². The number of thioether (sulfide) groups is 1. The zero-order chi connectivity index (χ0) is 13.5. The standard InChI is InChI=1S/C12H15NO4S/c1-2-13(9-4-3-5-10(14)6-9)11(15)7-18-8-12(16)17/h3-6,14H,2,7-8H2,1H3,(H,16,17). The highest BCUT2D eigenvalue weighted by atomic mass is 32.2. The number of aromatic hydroxyl groups is 1. The lowest BCUT2D eigenvalue weighted by molar-refractivity contribution is -0.133. The quantitative estimate of drug-likeness (QED) is 0.819. The number of carboxylic acid groups (broad SMARTS) is 1. The van der Waals surface area contributed by atoms with Gasteiger partial charge in [-0.1, -0.05) is 6.07 Å². The van der Waals surface area contributed by atoms with Crippen LogP contribution in [0.1, 0.15) is 6.92 Å². The van der Waals surface area contributed by atoms with E-state index in [1.165, 1.54) is 17.0 Å². The Morgan fingerprint density at radius 3 is 2.61 bits per heavy atom. The van der Waals surface area contributed by atoms with Gasteiger partial charge in [-0.25, -0.2) is 0 Å². The summed E-state index contributed by atoms with van der Waals surface area (Å²) in [5, 5.41) is 17.9. The SMILES string of the molecule is CCN(C(=O)CSCC(=O)O)c1cccc(O)c1. The predicted octanol–water partition coefficient (Wildman–Crippen LogP) is 1.56. The number of hydrogen-bond acceptors (Lipinski definition) is 4. The zero-order valence-corrected chi connectivity index (χ0v) is 10.8. The normalized spacial score (nSPS) is 10.1. The zero-order valence-electron chi connectivity index (χ0n) is 10.00. The minimum absolute atomic E-state index is 0.0939. The van der Waals surface area contributed by atoms with Gasteiger partial charge in [0.05, 0.1) is 11.5 Å². The first-order chi connectivity index (χ1) is 8.54. The third kappa shape index (κ3) is 4.29. The minimum Gasteiger partial charge on any atom is -0.508 e. The van der Waals surface area contributed by atoms with Crippen LogP contribution >= 0.6 is 11.8 Å². The van der Waals surface area contributed by atoms with Crippen LogP contribution < -0.4 is 4.90 Å². The molecule has 0 aliphatic carbocycles. The number of phenolic OH excluding ortho intramolecular Hbond substituents is 1. The Hall–Kier alpha value is -1.69. The van der Waals surface area contributed by atoms with Crippen molar-refractivity contribution in [2.75, 3.05) is 23.0 Å². The summed E-state index contributed by atoms with van der Waals surface area (Å²) in [5.74, 6) is -1.00. The number of aliphatic carboxylic acids is 1. The highest BCUT2D eigenvalue weighted by molar-refractivity contribution is 8.00. The van der Waals surface area contributed by atoms with Gasteiger partial charge < -0.3 is 15.1 Å². The fourth-order valence-electron chi connectivity index (χ4n) is 1.47. The van der Waals surface area contributed by atoms with E-state index in [1.807, 2.05) is 6.92 Å². The van der Waals surface area contributed by atoms with E-state index in [0.29, 0.717) is 12.2 Å². The van der Waals surface area contributed by atoms with Crippen LogP contribution in [0.15, 0.2) is 24.3 Å². The molecule has 1 aromatic rings. The Bertz CT molecular complexity index is 436. The maximum absolute atomic E-state index is 11.9.